The number of nitrogens with two attached hydrogens (primary N) is 1. The predicted molar refractivity (Wildman–Crippen MR) is 82.0 cm³/mol. The second-order valence-electron chi connectivity index (χ2n) is 5.63. The Hall–Kier alpha value is -1.27. The minimum atomic E-state index is -0.160. The molecule has 21 heavy (non-hydrogen) atoms. The van der Waals surface area contributed by atoms with Gasteiger partial charge in [-0.25, -0.2) is 0 Å². The number of carbonyl (C=O) groups excluding carboxylic acids is 1. The van der Waals surface area contributed by atoms with Crippen molar-refractivity contribution in [3.05, 3.63) is 22.2 Å². The van der Waals surface area contributed by atoms with Crippen LogP contribution in [-0.2, 0) is 11.3 Å². The van der Waals surface area contributed by atoms with Gasteiger partial charge in [-0.05, 0) is 43.4 Å². The maximum absolute atomic E-state index is 11.2. The van der Waals surface area contributed by atoms with E-state index in [2.05, 4.69) is 21.2 Å². The molecule has 1 heterocycles. The van der Waals surface area contributed by atoms with E-state index in [0.717, 1.165) is 53.8 Å². The maximum atomic E-state index is 11.2. The fourth-order valence-corrected chi connectivity index (χ4v) is 3.39. The Balaban J connectivity index is 1.55. The number of ether oxygens (including phenoxy) is 2. The topological polar surface area (TPSA) is 73.6 Å². The van der Waals surface area contributed by atoms with E-state index in [0.29, 0.717) is 6.04 Å². The standard InChI is InChI=1S/C15H19BrN2O3/c16-12-6-14-13(20-8-21-14)5-10(12)7-18-11-3-1-9(2-4-11)15(17)19/h5-6,9,11,18H,1-4,7-8H2,(H2,17,19). The highest BCUT2D eigenvalue weighted by Crippen LogP contribution is 2.37. The van der Waals surface area contributed by atoms with Crippen LogP contribution in [0.5, 0.6) is 11.5 Å². The number of amides is 1. The number of hydrogen-bond acceptors (Lipinski definition) is 4. The Morgan fingerprint density at radius 3 is 2.57 bits per heavy atom. The van der Waals surface area contributed by atoms with E-state index < -0.39 is 0 Å². The second-order valence-corrected chi connectivity index (χ2v) is 6.48. The van der Waals surface area contributed by atoms with Crippen LogP contribution in [0.15, 0.2) is 16.6 Å². The zero-order valence-electron chi connectivity index (χ0n) is 11.7. The molecule has 1 aromatic rings. The Kier molecular flexibility index (Phi) is 4.35. The normalized spacial score (nSPS) is 24.0. The molecule has 0 spiro atoms. The molecule has 0 aromatic heterocycles. The number of benzene rings is 1. The van der Waals surface area contributed by atoms with Gasteiger partial charge in [0.05, 0.1) is 0 Å². The zero-order chi connectivity index (χ0) is 14.8. The van der Waals surface area contributed by atoms with Crippen LogP contribution >= 0.6 is 15.9 Å². The maximum Gasteiger partial charge on any atom is 0.231 e. The lowest BCUT2D eigenvalue weighted by Crippen LogP contribution is -2.36. The first-order valence-electron chi connectivity index (χ1n) is 7.24. The number of rotatable bonds is 4. The second kappa shape index (κ2) is 6.23. The zero-order valence-corrected chi connectivity index (χ0v) is 13.3. The first-order chi connectivity index (χ1) is 10.1. The Labute approximate surface area is 132 Å². The summed E-state index contributed by atoms with van der Waals surface area (Å²) >= 11 is 3.57. The molecule has 0 unspecified atom stereocenters. The molecule has 1 aliphatic heterocycles. The van der Waals surface area contributed by atoms with Gasteiger partial charge in [-0.1, -0.05) is 15.9 Å². The quantitative estimate of drug-likeness (QED) is 0.869. The van der Waals surface area contributed by atoms with Crippen LogP contribution in [0.3, 0.4) is 0 Å². The molecule has 1 aliphatic carbocycles. The molecule has 0 radical (unpaired) electrons. The van der Waals surface area contributed by atoms with E-state index in [4.69, 9.17) is 15.2 Å². The minimum Gasteiger partial charge on any atom is -0.454 e. The lowest BCUT2D eigenvalue weighted by molar-refractivity contribution is -0.122. The highest BCUT2D eigenvalue weighted by molar-refractivity contribution is 9.10. The van der Waals surface area contributed by atoms with Crippen molar-refractivity contribution in [3.63, 3.8) is 0 Å². The molecule has 0 atom stereocenters. The van der Waals surface area contributed by atoms with E-state index >= 15 is 0 Å². The van der Waals surface area contributed by atoms with Crippen molar-refractivity contribution < 1.29 is 14.3 Å². The van der Waals surface area contributed by atoms with E-state index in [1.807, 2.05) is 12.1 Å². The summed E-state index contributed by atoms with van der Waals surface area (Å²) in [5.41, 5.74) is 6.51. The van der Waals surface area contributed by atoms with E-state index in [1.54, 1.807) is 0 Å². The van der Waals surface area contributed by atoms with Crippen molar-refractivity contribution in [2.24, 2.45) is 11.7 Å². The van der Waals surface area contributed by atoms with Gasteiger partial charge in [0.1, 0.15) is 0 Å². The average Bonchev–Trinajstić information content (AvgIpc) is 2.92. The summed E-state index contributed by atoms with van der Waals surface area (Å²) in [4.78, 5) is 11.2. The van der Waals surface area contributed by atoms with E-state index in [1.165, 1.54) is 0 Å². The molecule has 1 aromatic carbocycles. The van der Waals surface area contributed by atoms with Crippen LogP contribution in [0.4, 0.5) is 0 Å². The van der Waals surface area contributed by atoms with E-state index in [-0.39, 0.29) is 18.6 Å². The Morgan fingerprint density at radius 1 is 1.24 bits per heavy atom. The Bertz CT molecular complexity index is 542. The van der Waals surface area contributed by atoms with Gasteiger partial charge in [0.15, 0.2) is 11.5 Å². The summed E-state index contributed by atoms with van der Waals surface area (Å²) in [5.74, 6) is 1.48. The van der Waals surface area contributed by atoms with Gasteiger partial charge in [-0.15, -0.1) is 0 Å². The highest BCUT2D eigenvalue weighted by Gasteiger charge is 2.24. The van der Waals surface area contributed by atoms with Crippen LogP contribution < -0.4 is 20.5 Å². The molecule has 2 aliphatic rings. The predicted octanol–water partition coefficient (Wildman–Crippen LogP) is 2.31. The summed E-state index contributed by atoms with van der Waals surface area (Å²) in [6.45, 7) is 1.05. The summed E-state index contributed by atoms with van der Waals surface area (Å²) in [5, 5.41) is 3.55. The first kappa shape index (κ1) is 14.7. The van der Waals surface area contributed by atoms with Gasteiger partial charge in [-0.3, -0.25) is 4.79 Å². The molecule has 1 saturated carbocycles. The van der Waals surface area contributed by atoms with Crippen LogP contribution in [0.25, 0.3) is 0 Å². The molecule has 114 valence electrons. The minimum absolute atomic E-state index is 0.0559. The van der Waals surface area contributed by atoms with Crippen LogP contribution in [0, 0.1) is 5.92 Å². The van der Waals surface area contributed by atoms with Gasteiger partial charge in [0.25, 0.3) is 0 Å². The molecule has 1 fully saturated rings. The summed E-state index contributed by atoms with van der Waals surface area (Å²) < 4.78 is 11.8. The number of primary amides is 1. The summed E-state index contributed by atoms with van der Waals surface area (Å²) in [6, 6.07) is 4.40. The third kappa shape index (κ3) is 3.32. The van der Waals surface area contributed by atoms with Crippen molar-refractivity contribution in [2.45, 2.75) is 38.3 Å². The molecular formula is C15H19BrN2O3. The largest absolute Gasteiger partial charge is 0.454 e. The van der Waals surface area contributed by atoms with Crippen molar-refractivity contribution in [2.75, 3.05) is 6.79 Å². The van der Waals surface area contributed by atoms with Gasteiger partial charge in [-0.2, -0.15) is 0 Å². The third-order valence-electron chi connectivity index (χ3n) is 4.25. The fraction of sp³-hybridized carbons (Fsp3) is 0.533. The molecule has 5 nitrogen and oxygen atoms in total. The lowest BCUT2D eigenvalue weighted by Gasteiger charge is -2.27. The van der Waals surface area contributed by atoms with Crippen LogP contribution in [0.2, 0.25) is 0 Å². The van der Waals surface area contributed by atoms with Gasteiger partial charge in [0.2, 0.25) is 12.7 Å². The monoisotopic (exact) mass is 354 g/mol. The number of hydrogen-bond donors (Lipinski definition) is 2. The van der Waals surface area contributed by atoms with Crippen molar-refractivity contribution in [1.29, 1.82) is 0 Å². The Morgan fingerprint density at radius 2 is 1.90 bits per heavy atom. The number of halogens is 1. The molecule has 0 saturated heterocycles. The highest BCUT2D eigenvalue weighted by atomic mass is 79.9. The van der Waals surface area contributed by atoms with Crippen LogP contribution in [0.1, 0.15) is 31.2 Å². The fourth-order valence-electron chi connectivity index (χ4n) is 2.93. The van der Waals surface area contributed by atoms with Gasteiger partial charge >= 0.3 is 0 Å². The smallest absolute Gasteiger partial charge is 0.231 e. The molecule has 6 heteroatoms. The van der Waals surface area contributed by atoms with E-state index in [9.17, 15) is 4.79 Å². The molecule has 0 bridgehead atoms. The van der Waals surface area contributed by atoms with Crippen LogP contribution in [-0.4, -0.2) is 18.7 Å². The number of fused-ring (bicyclic) bond motifs is 1. The van der Waals surface area contributed by atoms with Crippen molar-refractivity contribution in [3.8, 4) is 11.5 Å². The van der Waals surface area contributed by atoms with Crippen molar-refractivity contribution >= 4 is 21.8 Å². The van der Waals surface area contributed by atoms with Gasteiger partial charge in [0, 0.05) is 23.0 Å². The molecule has 3 rings (SSSR count). The molecule has 3 N–H and O–H groups in total. The number of nitrogens with one attached hydrogen (secondary N) is 1. The van der Waals surface area contributed by atoms with Crippen molar-refractivity contribution in [1.82, 2.24) is 5.32 Å². The first-order valence-corrected chi connectivity index (χ1v) is 8.03. The summed E-state index contributed by atoms with van der Waals surface area (Å²) in [6.07, 6.45) is 3.76. The molecule has 1 amide bonds. The van der Waals surface area contributed by atoms with Gasteiger partial charge < -0.3 is 20.5 Å². The third-order valence-corrected chi connectivity index (χ3v) is 4.99. The molecular weight excluding hydrogens is 336 g/mol. The SMILES string of the molecule is NC(=O)C1CCC(NCc2cc3c(cc2Br)OCO3)CC1. The summed E-state index contributed by atoms with van der Waals surface area (Å²) in [7, 11) is 0. The average molecular weight is 355 g/mol. The number of carbonyl (C=O) groups is 1. The lowest BCUT2D eigenvalue weighted by atomic mass is 9.85.